The highest BCUT2D eigenvalue weighted by Crippen LogP contribution is 2.31. The van der Waals surface area contributed by atoms with Crippen LogP contribution >= 0.6 is 0 Å². The quantitative estimate of drug-likeness (QED) is 0.515. The summed E-state index contributed by atoms with van der Waals surface area (Å²) in [5.74, 6) is -0.0899. The lowest BCUT2D eigenvalue weighted by Gasteiger charge is -2.13. The maximum absolute atomic E-state index is 11.5. The van der Waals surface area contributed by atoms with Crippen LogP contribution in [0.4, 0.5) is 11.5 Å². The first-order chi connectivity index (χ1) is 9.51. The number of nitrogens with one attached hydrogen (secondary N) is 1. The van der Waals surface area contributed by atoms with Crippen LogP contribution in [0.5, 0.6) is 0 Å². The summed E-state index contributed by atoms with van der Waals surface area (Å²) >= 11 is 0. The molecule has 1 aromatic heterocycles. The number of ether oxygens (including phenoxy) is 1. The molecule has 1 N–H and O–H groups in total. The molecule has 0 unspecified atom stereocenters. The highest BCUT2D eigenvalue weighted by molar-refractivity contribution is 5.73. The molecule has 0 saturated heterocycles. The Labute approximate surface area is 116 Å². The SMILES string of the molecule is COC(=O)[C@H]1CC[C@@H](Nc2nc(C)ccc2[N+](=O)[O-])C1. The first-order valence-corrected chi connectivity index (χ1v) is 6.47. The van der Waals surface area contributed by atoms with Crippen LogP contribution in [0.3, 0.4) is 0 Å². The van der Waals surface area contributed by atoms with Crippen molar-refractivity contribution in [3.63, 3.8) is 0 Å². The third-order valence-electron chi connectivity index (χ3n) is 3.52. The van der Waals surface area contributed by atoms with Crippen LogP contribution in [0.2, 0.25) is 0 Å². The highest BCUT2D eigenvalue weighted by Gasteiger charge is 2.31. The average molecular weight is 279 g/mol. The average Bonchev–Trinajstić information content (AvgIpc) is 2.86. The van der Waals surface area contributed by atoms with Crippen molar-refractivity contribution >= 4 is 17.5 Å². The zero-order valence-corrected chi connectivity index (χ0v) is 11.5. The molecule has 0 aromatic carbocycles. The molecule has 2 rings (SSSR count). The van der Waals surface area contributed by atoms with E-state index in [4.69, 9.17) is 4.74 Å². The van der Waals surface area contributed by atoms with Gasteiger partial charge in [-0.25, -0.2) is 4.98 Å². The molecule has 20 heavy (non-hydrogen) atoms. The first-order valence-electron chi connectivity index (χ1n) is 6.47. The van der Waals surface area contributed by atoms with E-state index in [0.717, 1.165) is 12.8 Å². The van der Waals surface area contributed by atoms with Crippen molar-refractivity contribution in [3.8, 4) is 0 Å². The number of methoxy groups -OCH3 is 1. The fraction of sp³-hybridized carbons (Fsp3) is 0.538. The fourth-order valence-corrected chi connectivity index (χ4v) is 2.49. The normalized spacial score (nSPS) is 21.5. The van der Waals surface area contributed by atoms with E-state index in [2.05, 4.69) is 10.3 Å². The fourth-order valence-electron chi connectivity index (χ4n) is 2.49. The number of aromatic nitrogens is 1. The minimum atomic E-state index is -0.457. The molecule has 2 atom stereocenters. The molecule has 108 valence electrons. The van der Waals surface area contributed by atoms with Gasteiger partial charge in [0.05, 0.1) is 18.0 Å². The van der Waals surface area contributed by atoms with E-state index >= 15 is 0 Å². The van der Waals surface area contributed by atoms with Crippen LogP contribution in [0.1, 0.15) is 25.0 Å². The van der Waals surface area contributed by atoms with Crippen LogP contribution in [-0.4, -0.2) is 29.0 Å². The van der Waals surface area contributed by atoms with E-state index in [-0.39, 0.29) is 29.4 Å². The Kier molecular flexibility index (Phi) is 4.16. The largest absolute Gasteiger partial charge is 0.469 e. The molecule has 0 aliphatic heterocycles. The van der Waals surface area contributed by atoms with Crippen molar-refractivity contribution in [1.29, 1.82) is 0 Å². The topological polar surface area (TPSA) is 94.4 Å². The van der Waals surface area contributed by atoms with E-state index in [1.54, 1.807) is 13.0 Å². The second-order valence-electron chi connectivity index (χ2n) is 4.95. The first kappa shape index (κ1) is 14.2. The number of aryl methyl sites for hydroxylation is 1. The second kappa shape index (κ2) is 5.85. The van der Waals surface area contributed by atoms with E-state index in [1.165, 1.54) is 13.2 Å². The second-order valence-corrected chi connectivity index (χ2v) is 4.95. The number of nitrogens with zero attached hydrogens (tertiary/aromatic N) is 2. The molecule has 1 fully saturated rings. The van der Waals surface area contributed by atoms with E-state index < -0.39 is 4.92 Å². The summed E-state index contributed by atoms with van der Waals surface area (Å²) in [6, 6.07) is 3.05. The molecule has 1 heterocycles. The smallest absolute Gasteiger partial charge is 0.311 e. The molecule has 7 nitrogen and oxygen atoms in total. The maximum atomic E-state index is 11.5. The summed E-state index contributed by atoms with van der Waals surface area (Å²) in [6.07, 6.45) is 2.11. The van der Waals surface area contributed by atoms with Gasteiger partial charge in [0.2, 0.25) is 5.82 Å². The number of hydrogen-bond donors (Lipinski definition) is 1. The molecule has 0 radical (unpaired) electrons. The van der Waals surface area contributed by atoms with Crippen molar-refractivity contribution in [2.24, 2.45) is 5.92 Å². The number of rotatable bonds is 4. The van der Waals surface area contributed by atoms with Crippen LogP contribution < -0.4 is 5.32 Å². The van der Waals surface area contributed by atoms with Gasteiger partial charge in [-0.15, -0.1) is 0 Å². The van der Waals surface area contributed by atoms with Crippen LogP contribution in [0.25, 0.3) is 0 Å². The minimum Gasteiger partial charge on any atom is -0.469 e. The number of esters is 1. The molecule has 1 aliphatic carbocycles. The third kappa shape index (κ3) is 3.04. The van der Waals surface area contributed by atoms with Crippen molar-refractivity contribution in [3.05, 3.63) is 27.9 Å². The number of anilines is 1. The lowest BCUT2D eigenvalue weighted by atomic mass is 10.1. The number of nitro groups is 1. The summed E-state index contributed by atoms with van der Waals surface area (Å²) in [5.41, 5.74) is 0.665. The Morgan fingerprint density at radius 2 is 2.25 bits per heavy atom. The van der Waals surface area contributed by atoms with Gasteiger partial charge in [-0.05, 0) is 32.3 Å². The van der Waals surface area contributed by atoms with Crippen molar-refractivity contribution in [1.82, 2.24) is 4.98 Å². The predicted molar refractivity (Wildman–Crippen MR) is 72.4 cm³/mol. The van der Waals surface area contributed by atoms with Crippen LogP contribution in [0.15, 0.2) is 12.1 Å². The summed E-state index contributed by atoms with van der Waals surface area (Å²) in [4.78, 5) is 26.2. The van der Waals surface area contributed by atoms with Crippen LogP contribution in [0, 0.1) is 23.0 Å². The molecule has 0 bridgehead atoms. The van der Waals surface area contributed by atoms with Gasteiger partial charge in [0.15, 0.2) is 0 Å². The molecule has 7 heteroatoms. The minimum absolute atomic E-state index is 0.00657. The predicted octanol–water partition coefficient (Wildman–Crippen LogP) is 2.05. The molecular weight excluding hydrogens is 262 g/mol. The molecule has 0 amide bonds. The Morgan fingerprint density at radius 3 is 2.90 bits per heavy atom. The number of pyridine rings is 1. The molecular formula is C13H17N3O4. The maximum Gasteiger partial charge on any atom is 0.311 e. The van der Waals surface area contributed by atoms with E-state index in [0.29, 0.717) is 12.1 Å². The lowest BCUT2D eigenvalue weighted by Crippen LogP contribution is -2.20. The summed E-state index contributed by atoms with van der Waals surface area (Å²) in [6.45, 7) is 1.78. The van der Waals surface area contributed by atoms with Gasteiger partial charge in [-0.1, -0.05) is 0 Å². The van der Waals surface area contributed by atoms with Crippen molar-refractivity contribution in [2.75, 3.05) is 12.4 Å². The summed E-state index contributed by atoms with van der Waals surface area (Å²) in [7, 11) is 1.37. The van der Waals surface area contributed by atoms with E-state index in [9.17, 15) is 14.9 Å². The third-order valence-corrected chi connectivity index (χ3v) is 3.52. The zero-order chi connectivity index (χ0) is 14.7. The molecule has 1 aliphatic rings. The van der Waals surface area contributed by atoms with Gasteiger partial charge < -0.3 is 10.1 Å². The number of carbonyl (C=O) groups excluding carboxylic acids is 1. The van der Waals surface area contributed by atoms with Gasteiger partial charge in [-0.2, -0.15) is 0 Å². The standard InChI is InChI=1S/C13H17N3O4/c1-8-3-6-11(16(18)19)12(14-8)15-10-5-4-9(7-10)13(17)20-2/h3,6,9-10H,4-5,7H2,1-2H3,(H,14,15)/t9-,10+/m0/s1. The molecule has 1 aromatic rings. The zero-order valence-electron chi connectivity index (χ0n) is 11.5. The lowest BCUT2D eigenvalue weighted by molar-refractivity contribution is -0.384. The van der Waals surface area contributed by atoms with Crippen LogP contribution in [-0.2, 0) is 9.53 Å². The Balaban J connectivity index is 2.09. The highest BCUT2D eigenvalue weighted by atomic mass is 16.6. The van der Waals surface area contributed by atoms with E-state index in [1.807, 2.05) is 0 Å². The van der Waals surface area contributed by atoms with Gasteiger partial charge in [0.1, 0.15) is 0 Å². The van der Waals surface area contributed by atoms with Gasteiger partial charge in [-0.3, -0.25) is 14.9 Å². The Morgan fingerprint density at radius 1 is 1.50 bits per heavy atom. The van der Waals surface area contributed by atoms with Gasteiger partial charge in [0.25, 0.3) is 0 Å². The molecule has 0 spiro atoms. The Hall–Kier alpha value is -2.18. The Bertz CT molecular complexity index is 532. The summed E-state index contributed by atoms with van der Waals surface area (Å²) < 4.78 is 4.72. The number of carbonyl (C=O) groups is 1. The van der Waals surface area contributed by atoms with Gasteiger partial charge in [0, 0.05) is 17.8 Å². The number of hydrogen-bond acceptors (Lipinski definition) is 6. The summed E-state index contributed by atoms with van der Waals surface area (Å²) in [5, 5.41) is 14.1. The monoisotopic (exact) mass is 279 g/mol. The van der Waals surface area contributed by atoms with Crippen molar-refractivity contribution < 1.29 is 14.5 Å². The van der Waals surface area contributed by atoms with Crippen molar-refractivity contribution in [2.45, 2.75) is 32.2 Å². The molecule has 1 saturated carbocycles. The van der Waals surface area contributed by atoms with Gasteiger partial charge >= 0.3 is 11.7 Å².